The molecule has 6 nitrogen and oxygen atoms in total. The van der Waals surface area contributed by atoms with Crippen LogP contribution in [0, 0.1) is 11.6 Å². The second kappa shape index (κ2) is 7.78. The number of nitrogens with one attached hydrogen (secondary N) is 2. The molecule has 0 aromatic heterocycles. The number of benzene rings is 2. The van der Waals surface area contributed by atoms with E-state index in [1.54, 1.807) is 31.2 Å². The molecule has 1 heterocycles. The maximum Gasteiger partial charge on any atom is 0.322 e. The lowest BCUT2D eigenvalue weighted by Crippen LogP contribution is -2.49. The minimum absolute atomic E-state index is 0.0121. The zero-order chi connectivity index (χ0) is 21.4. The average molecular weight is 413 g/mol. The van der Waals surface area contributed by atoms with Crippen molar-refractivity contribution < 1.29 is 23.1 Å². The van der Waals surface area contributed by atoms with Crippen molar-refractivity contribution in [3.63, 3.8) is 0 Å². The molecule has 3 amide bonds. The lowest BCUT2D eigenvalue weighted by Gasteiger charge is -2.36. The normalized spacial score (nSPS) is 18.9. The Morgan fingerprint density at radius 1 is 1.20 bits per heavy atom. The molecule has 2 aromatic rings. The van der Waals surface area contributed by atoms with Crippen LogP contribution in [0.15, 0.2) is 53.7 Å². The van der Waals surface area contributed by atoms with Gasteiger partial charge in [0.05, 0.1) is 24.4 Å². The number of ether oxygens (including phenoxy) is 1. The first-order chi connectivity index (χ1) is 14.4. The number of urea groups is 1. The average Bonchev–Trinajstić information content (AvgIpc) is 3.53. The minimum Gasteiger partial charge on any atom is -0.495 e. The van der Waals surface area contributed by atoms with E-state index in [1.807, 2.05) is 0 Å². The van der Waals surface area contributed by atoms with E-state index in [2.05, 4.69) is 10.6 Å². The molecule has 1 saturated carbocycles. The molecule has 0 bridgehead atoms. The Bertz CT molecular complexity index is 1050. The molecule has 30 heavy (non-hydrogen) atoms. The van der Waals surface area contributed by atoms with Crippen LogP contribution < -0.4 is 15.4 Å². The van der Waals surface area contributed by atoms with Gasteiger partial charge in [-0.15, -0.1) is 0 Å². The maximum absolute atomic E-state index is 14.6. The Labute approximate surface area is 172 Å². The van der Waals surface area contributed by atoms with Crippen molar-refractivity contribution in [3.05, 3.63) is 70.9 Å². The standard InChI is InChI=1S/C22H21F2N3O3/c1-12-19(21(28)25-17-5-3-4-6-18(17)30-2)20(15-10-7-13(23)11-16(15)24)26-22(29)27(12)14-8-9-14/h3-7,10-11,14,20H,8-9H2,1-2H3,(H,25,28)(H,26,29)/t20-/m1/s1. The molecule has 2 aromatic carbocycles. The number of anilines is 1. The van der Waals surface area contributed by atoms with E-state index in [9.17, 15) is 18.4 Å². The zero-order valence-corrected chi connectivity index (χ0v) is 16.5. The van der Waals surface area contributed by atoms with Gasteiger partial charge in [0.2, 0.25) is 0 Å². The molecule has 0 spiro atoms. The maximum atomic E-state index is 14.6. The number of methoxy groups -OCH3 is 1. The number of rotatable bonds is 5. The highest BCUT2D eigenvalue weighted by atomic mass is 19.1. The topological polar surface area (TPSA) is 70.7 Å². The number of carbonyl (C=O) groups excluding carboxylic acids is 2. The third-order valence-electron chi connectivity index (χ3n) is 5.31. The smallest absolute Gasteiger partial charge is 0.322 e. The van der Waals surface area contributed by atoms with Crippen LogP contribution in [-0.2, 0) is 4.79 Å². The van der Waals surface area contributed by atoms with Gasteiger partial charge in [0, 0.05) is 23.4 Å². The molecule has 2 N–H and O–H groups in total. The molecule has 1 fully saturated rings. The molecule has 1 aliphatic heterocycles. The fraction of sp³-hybridized carbons (Fsp3) is 0.273. The van der Waals surface area contributed by atoms with Crippen LogP contribution in [0.25, 0.3) is 0 Å². The van der Waals surface area contributed by atoms with Crippen LogP contribution in [0.3, 0.4) is 0 Å². The molecule has 0 saturated heterocycles. The molecule has 2 aliphatic rings. The fourth-order valence-corrected chi connectivity index (χ4v) is 3.73. The van der Waals surface area contributed by atoms with Gasteiger partial charge < -0.3 is 15.4 Å². The van der Waals surface area contributed by atoms with Crippen molar-refractivity contribution in [3.8, 4) is 5.75 Å². The number of carbonyl (C=O) groups is 2. The van der Waals surface area contributed by atoms with Crippen LogP contribution in [-0.4, -0.2) is 30.0 Å². The van der Waals surface area contributed by atoms with E-state index in [4.69, 9.17) is 4.74 Å². The lowest BCUT2D eigenvalue weighted by molar-refractivity contribution is -0.113. The summed E-state index contributed by atoms with van der Waals surface area (Å²) in [6, 6.07) is 8.53. The van der Waals surface area contributed by atoms with E-state index in [0.717, 1.165) is 25.0 Å². The van der Waals surface area contributed by atoms with E-state index < -0.39 is 29.6 Å². The molecule has 0 radical (unpaired) electrons. The summed E-state index contributed by atoms with van der Waals surface area (Å²) in [7, 11) is 1.49. The Morgan fingerprint density at radius 3 is 2.60 bits per heavy atom. The number of halogens is 2. The lowest BCUT2D eigenvalue weighted by atomic mass is 9.93. The molecule has 0 unspecified atom stereocenters. The number of amides is 3. The highest BCUT2D eigenvalue weighted by molar-refractivity contribution is 6.07. The van der Waals surface area contributed by atoms with Crippen LogP contribution in [0.1, 0.15) is 31.4 Å². The highest BCUT2D eigenvalue weighted by Crippen LogP contribution is 2.39. The van der Waals surface area contributed by atoms with E-state index in [0.29, 0.717) is 17.1 Å². The molecular formula is C22H21F2N3O3. The Morgan fingerprint density at radius 2 is 1.93 bits per heavy atom. The van der Waals surface area contributed by atoms with Gasteiger partial charge in [0.25, 0.3) is 5.91 Å². The first kappa shape index (κ1) is 19.9. The zero-order valence-electron chi connectivity index (χ0n) is 16.5. The van der Waals surface area contributed by atoms with Crippen LogP contribution >= 0.6 is 0 Å². The quantitative estimate of drug-likeness (QED) is 0.775. The predicted octanol–water partition coefficient (Wildman–Crippen LogP) is 4.11. The van der Waals surface area contributed by atoms with Gasteiger partial charge in [0.15, 0.2) is 0 Å². The van der Waals surface area contributed by atoms with E-state index >= 15 is 0 Å². The monoisotopic (exact) mass is 413 g/mol. The molecule has 8 heteroatoms. The van der Waals surface area contributed by atoms with Crippen molar-refractivity contribution in [1.29, 1.82) is 0 Å². The fourth-order valence-electron chi connectivity index (χ4n) is 3.73. The molecular weight excluding hydrogens is 392 g/mol. The summed E-state index contributed by atoms with van der Waals surface area (Å²) in [4.78, 5) is 27.5. The van der Waals surface area contributed by atoms with Gasteiger partial charge in [-0.05, 0) is 38.0 Å². The van der Waals surface area contributed by atoms with Crippen molar-refractivity contribution in [2.75, 3.05) is 12.4 Å². The summed E-state index contributed by atoms with van der Waals surface area (Å²) in [5, 5.41) is 5.51. The molecule has 156 valence electrons. The van der Waals surface area contributed by atoms with Gasteiger partial charge in [-0.25, -0.2) is 13.6 Å². The van der Waals surface area contributed by atoms with Gasteiger partial charge in [0.1, 0.15) is 17.4 Å². The number of allylic oxidation sites excluding steroid dienone is 1. The van der Waals surface area contributed by atoms with Gasteiger partial charge in [-0.1, -0.05) is 18.2 Å². The molecule has 1 atom stereocenters. The van der Waals surface area contributed by atoms with Crippen LogP contribution in [0.5, 0.6) is 5.75 Å². The first-order valence-corrected chi connectivity index (χ1v) is 9.60. The summed E-state index contributed by atoms with van der Waals surface area (Å²) in [6.07, 6.45) is 1.67. The van der Waals surface area contributed by atoms with Gasteiger partial charge >= 0.3 is 6.03 Å². The SMILES string of the molecule is COc1ccccc1NC(=O)C1=C(C)N(C2CC2)C(=O)N[C@@H]1c1ccc(F)cc1F. The summed E-state index contributed by atoms with van der Waals surface area (Å²) < 4.78 is 33.3. The third kappa shape index (κ3) is 3.60. The Balaban J connectivity index is 1.77. The Hall–Kier alpha value is -3.42. The van der Waals surface area contributed by atoms with Gasteiger partial charge in [-0.3, -0.25) is 9.69 Å². The third-order valence-corrected chi connectivity index (χ3v) is 5.31. The molecule has 4 rings (SSSR count). The second-order valence-corrected chi connectivity index (χ2v) is 7.30. The summed E-state index contributed by atoms with van der Waals surface area (Å²) in [5.74, 6) is -1.61. The van der Waals surface area contributed by atoms with E-state index in [-0.39, 0.29) is 17.2 Å². The number of para-hydroxylation sites is 2. The number of nitrogens with zero attached hydrogens (tertiary/aromatic N) is 1. The minimum atomic E-state index is -1.05. The Kier molecular flexibility index (Phi) is 5.15. The van der Waals surface area contributed by atoms with E-state index in [1.165, 1.54) is 18.1 Å². The first-order valence-electron chi connectivity index (χ1n) is 9.60. The number of hydrogen-bond acceptors (Lipinski definition) is 3. The summed E-state index contributed by atoms with van der Waals surface area (Å²) in [5.41, 5.74) is 1.10. The highest BCUT2D eigenvalue weighted by Gasteiger charge is 2.42. The van der Waals surface area contributed by atoms with Crippen LogP contribution in [0.4, 0.5) is 19.3 Å². The largest absolute Gasteiger partial charge is 0.495 e. The summed E-state index contributed by atoms with van der Waals surface area (Å²) >= 11 is 0. The summed E-state index contributed by atoms with van der Waals surface area (Å²) in [6.45, 7) is 1.67. The second-order valence-electron chi connectivity index (χ2n) is 7.30. The van der Waals surface area contributed by atoms with Crippen molar-refractivity contribution in [2.24, 2.45) is 0 Å². The van der Waals surface area contributed by atoms with Crippen molar-refractivity contribution in [2.45, 2.75) is 31.8 Å². The van der Waals surface area contributed by atoms with Crippen molar-refractivity contribution in [1.82, 2.24) is 10.2 Å². The van der Waals surface area contributed by atoms with Gasteiger partial charge in [-0.2, -0.15) is 0 Å². The molecule has 1 aliphatic carbocycles. The predicted molar refractivity (Wildman–Crippen MR) is 107 cm³/mol. The van der Waals surface area contributed by atoms with Crippen LogP contribution in [0.2, 0.25) is 0 Å². The number of hydrogen-bond donors (Lipinski definition) is 2. The van der Waals surface area contributed by atoms with Crippen molar-refractivity contribution >= 4 is 17.6 Å².